The van der Waals surface area contributed by atoms with E-state index in [9.17, 15) is 13.2 Å². The van der Waals surface area contributed by atoms with Crippen molar-refractivity contribution >= 4 is 31.6 Å². The van der Waals surface area contributed by atoms with Crippen molar-refractivity contribution in [1.29, 1.82) is 0 Å². The summed E-state index contributed by atoms with van der Waals surface area (Å²) in [4.78, 5) is 12.5. The van der Waals surface area contributed by atoms with Crippen molar-refractivity contribution in [3.63, 3.8) is 0 Å². The first kappa shape index (κ1) is 21.7. The summed E-state index contributed by atoms with van der Waals surface area (Å²) in [5.41, 5.74) is 1.34. The van der Waals surface area contributed by atoms with E-state index in [2.05, 4.69) is 4.72 Å². The maximum atomic E-state index is 13.4. The van der Waals surface area contributed by atoms with E-state index in [4.69, 9.17) is 4.74 Å². The van der Waals surface area contributed by atoms with Crippen LogP contribution in [0.15, 0.2) is 52.2 Å². The fourth-order valence-electron chi connectivity index (χ4n) is 5.15. The van der Waals surface area contributed by atoms with Crippen molar-refractivity contribution in [2.45, 2.75) is 75.0 Å². The summed E-state index contributed by atoms with van der Waals surface area (Å²) in [5, 5.41) is 0. The fraction of sp³-hybridized carbons (Fsp3) is 0.458. The molecule has 2 aliphatic rings. The number of aromatic nitrogens is 1. The lowest BCUT2D eigenvalue weighted by Crippen LogP contribution is -2.46. The van der Waals surface area contributed by atoms with Gasteiger partial charge in [0, 0.05) is 18.0 Å². The molecular weight excluding hydrogens is 444 g/mol. The molecule has 0 bridgehead atoms. The van der Waals surface area contributed by atoms with Gasteiger partial charge in [0.15, 0.2) is 0 Å². The molecule has 1 fully saturated rings. The van der Waals surface area contributed by atoms with Crippen LogP contribution >= 0.6 is 11.3 Å². The predicted octanol–water partition coefficient (Wildman–Crippen LogP) is 5.15. The molecule has 1 N–H and O–H groups in total. The van der Waals surface area contributed by atoms with Crippen LogP contribution in [0.5, 0.6) is 5.75 Å². The van der Waals surface area contributed by atoms with E-state index < -0.39 is 10.0 Å². The van der Waals surface area contributed by atoms with E-state index in [-0.39, 0.29) is 27.5 Å². The number of hydrogen-bond acceptors (Lipinski definition) is 5. The zero-order valence-corrected chi connectivity index (χ0v) is 20.0. The van der Waals surface area contributed by atoms with Crippen molar-refractivity contribution < 1.29 is 13.2 Å². The van der Waals surface area contributed by atoms with Gasteiger partial charge >= 0.3 is 4.87 Å². The molecule has 1 saturated carbocycles. The van der Waals surface area contributed by atoms with Crippen LogP contribution in [-0.4, -0.2) is 18.6 Å². The lowest BCUT2D eigenvalue weighted by atomic mass is 9.77. The topological polar surface area (TPSA) is 77.4 Å². The molecule has 3 aromatic rings. The van der Waals surface area contributed by atoms with Crippen LogP contribution in [0.4, 0.5) is 0 Å². The molecular formula is C24H28N2O4S2. The van der Waals surface area contributed by atoms with Gasteiger partial charge in [-0.05, 0) is 63.8 Å². The van der Waals surface area contributed by atoms with E-state index in [1.54, 1.807) is 22.8 Å². The Bertz CT molecular complexity index is 1320. The van der Waals surface area contributed by atoms with Crippen molar-refractivity contribution in [3.8, 4) is 5.75 Å². The highest BCUT2D eigenvalue weighted by Gasteiger charge is 2.43. The van der Waals surface area contributed by atoms with E-state index in [1.165, 1.54) is 6.42 Å². The normalized spacial score (nSPS) is 20.4. The number of benzene rings is 2. The molecule has 170 valence electrons. The maximum Gasteiger partial charge on any atom is 0.308 e. The average Bonchev–Trinajstić information content (AvgIpc) is 3.09. The molecule has 0 radical (unpaired) electrons. The molecule has 1 spiro atoms. The van der Waals surface area contributed by atoms with Crippen LogP contribution in [0.3, 0.4) is 0 Å². The Kier molecular flexibility index (Phi) is 5.42. The summed E-state index contributed by atoms with van der Waals surface area (Å²) in [7, 11) is -3.78. The van der Waals surface area contributed by atoms with Gasteiger partial charge in [-0.25, -0.2) is 13.1 Å². The summed E-state index contributed by atoms with van der Waals surface area (Å²) < 4.78 is 38.6. The van der Waals surface area contributed by atoms with E-state index in [1.807, 2.05) is 38.1 Å². The third kappa shape index (κ3) is 3.78. The molecule has 0 unspecified atom stereocenters. The van der Waals surface area contributed by atoms with Gasteiger partial charge in [0.25, 0.3) is 0 Å². The van der Waals surface area contributed by atoms with Gasteiger partial charge in [-0.1, -0.05) is 36.0 Å². The Balaban J connectivity index is 1.50. The minimum Gasteiger partial charge on any atom is -0.487 e. The monoisotopic (exact) mass is 472 g/mol. The lowest BCUT2D eigenvalue weighted by molar-refractivity contribution is 0.0000753. The van der Waals surface area contributed by atoms with Crippen LogP contribution in [0.25, 0.3) is 10.2 Å². The Morgan fingerprint density at radius 3 is 2.62 bits per heavy atom. The second-order valence-electron chi connectivity index (χ2n) is 9.22. The summed E-state index contributed by atoms with van der Waals surface area (Å²) >= 11 is 1.08. The van der Waals surface area contributed by atoms with Gasteiger partial charge in [0.05, 0.1) is 21.2 Å². The second kappa shape index (κ2) is 8.01. The SMILES string of the molecule is CC(C)n1c(=O)sc2cc(S(=O)(=O)N[C@@H]3CC4(CCCCC4)Oc4ccccc43)ccc21. The van der Waals surface area contributed by atoms with Crippen LogP contribution in [0.2, 0.25) is 0 Å². The number of sulfonamides is 1. The minimum absolute atomic E-state index is 0.0160. The molecule has 6 nitrogen and oxygen atoms in total. The van der Waals surface area contributed by atoms with Crippen LogP contribution in [-0.2, 0) is 10.0 Å². The highest BCUT2D eigenvalue weighted by Crippen LogP contribution is 2.46. The molecule has 32 heavy (non-hydrogen) atoms. The molecule has 1 aliphatic carbocycles. The third-order valence-electron chi connectivity index (χ3n) is 6.67. The van der Waals surface area contributed by atoms with Crippen molar-refractivity contribution in [3.05, 3.63) is 57.7 Å². The van der Waals surface area contributed by atoms with Gasteiger partial charge in [0.2, 0.25) is 10.0 Å². The number of ether oxygens (including phenoxy) is 1. The Hall–Kier alpha value is -2.16. The van der Waals surface area contributed by atoms with Crippen LogP contribution in [0, 0.1) is 0 Å². The number of fused-ring (bicyclic) bond motifs is 2. The Labute approximate surface area is 192 Å². The van der Waals surface area contributed by atoms with Gasteiger partial charge in [-0.3, -0.25) is 9.36 Å². The zero-order chi connectivity index (χ0) is 22.5. The standard InChI is InChI=1S/C24H28N2O4S2/c1-16(2)26-20-11-10-17(14-22(20)31-23(26)27)32(28,29)25-19-15-24(12-6-3-7-13-24)30-21-9-5-4-8-18(19)21/h4-5,8-11,14,16,19,25H,3,6-7,12-13,15H2,1-2H3/t19-/m1/s1. The zero-order valence-electron chi connectivity index (χ0n) is 18.3. The summed E-state index contributed by atoms with van der Waals surface area (Å²) in [6.07, 6.45) is 5.92. The molecule has 1 aromatic heterocycles. The number of rotatable bonds is 4. The average molecular weight is 473 g/mol. The molecule has 8 heteroatoms. The first-order valence-corrected chi connectivity index (χ1v) is 13.5. The molecule has 5 rings (SSSR count). The van der Waals surface area contributed by atoms with Gasteiger partial charge in [-0.15, -0.1) is 0 Å². The molecule has 1 atom stereocenters. The van der Waals surface area contributed by atoms with E-state index >= 15 is 0 Å². The van der Waals surface area contributed by atoms with Crippen LogP contribution in [0.1, 0.15) is 70.0 Å². The first-order valence-electron chi connectivity index (χ1n) is 11.2. The van der Waals surface area contributed by atoms with E-state index in [0.29, 0.717) is 11.1 Å². The number of thiazole rings is 1. The molecule has 1 aliphatic heterocycles. The number of hydrogen-bond donors (Lipinski definition) is 1. The van der Waals surface area contributed by atoms with Gasteiger partial charge in [0.1, 0.15) is 11.4 Å². The van der Waals surface area contributed by atoms with Crippen LogP contribution < -0.4 is 14.3 Å². The Morgan fingerprint density at radius 2 is 1.88 bits per heavy atom. The number of para-hydroxylation sites is 1. The largest absolute Gasteiger partial charge is 0.487 e. The molecule has 2 heterocycles. The molecule has 2 aromatic carbocycles. The van der Waals surface area contributed by atoms with Gasteiger partial charge < -0.3 is 4.74 Å². The summed E-state index contributed by atoms with van der Waals surface area (Å²) in [6.45, 7) is 3.90. The summed E-state index contributed by atoms with van der Waals surface area (Å²) in [5.74, 6) is 0.774. The number of nitrogens with zero attached hydrogens (tertiary/aromatic N) is 1. The summed E-state index contributed by atoms with van der Waals surface area (Å²) in [6, 6.07) is 12.3. The van der Waals surface area contributed by atoms with Crippen molar-refractivity contribution in [2.75, 3.05) is 0 Å². The highest BCUT2D eigenvalue weighted by molar-refractivity contribution is 7.89. The Morgan fingerprint density at radius 1 is 1.12 bits per heavy atom. The number of nitrogens with one attached hydrogen (secondary N) is 1. The van der Waals surface area contributed by atoms with Gasteiger partial charge in [-0.2, -0.15) is 0 Å². The molecule has 0 saturated heterocycles. The fourth-order valence-corrected chi connectivity index (χ4v) is 7.52. The first-order chi connectivity index (χ1) is 15.3. The quantitative estimate of drug-likeness (QED) is 0.570. The smallest absolute Gasteiger partial charge is 0.308 e. The maximum absolute atomic E-state index is 13.4. The lowest BCUT2D eigenvalue weighted by Gasteiger charge is -2.44. The second-order valence-corrected chi connectivity index (χ2v) is 11.9. The van der Waals surface area contributed by atoms with Crippen molar-refractivity contribution in [2.24, 2.45) is 0 Å². The minimum atomic E-state index is -3.78. The third-order valence-corrected chi connectivity index (χ3v) is 9.06. The van der Waals surface area contributed by atoms with E-state index in [0.717, 1.165) is 53.8 Å². The van der Waals surface area contributed by atoms with Crippen molar-refractivity contribution in [1.82, 2.24) is 9.29 Å². The predicted molar refractivity (Wildman–Crippen MR) is 127 cm³/mol. The molecule has 0 amide bonds. The highest BCUT2D eigenvalue weighted by atomic mass is 32.2.